The van der Waals surface area contributed by atoms with Gasteiger partial charge in [0.1, 0.15) is 0 Å². The SMILES string of the molecule is Cc1cccc(C(N)C2OCCC2C)c1. The van der Waals surface area contributed by atoms with E-state index in [0.29, 0.717) is 5.92 Å². The summed E-state index contributed by atoms with van der Waals surface area (Å²) in [6.07, 6.45) is 1.32. The second-order valence-electron chi connectivity index (χ2n) is 4.54. The Morgan fingerprint density at radius 2 is 2.27 bits per heavy atom. The molecule has 2 rings (SSSR count). The van der Waals surface area contributed by atoms with Crippen LogP contribution in [0.15, 0.2) is 24.3 Å². The highest BCUT2D eigenvalue weighted by Gasteiger charge is 2.30. The molecular formula is C13H19NO. The average molecular weight is 205 g/mol. The van der Waals surface area contributed by atoms with Crippen molar-refractivity contribution in [2.24, 2.45) is 11.7 Å². The molecule has 2 N–H and O–H groups in total. The largest absolute Gasteiger partial charge is 0.376 e. The minimum absolute atomic E-state index is 0.0161. The van der Waals surface area contributed by atoms with E-state index in [1.807, 2.05) is 0 Å². The highest BCUT2D eigenvalue weighted by Crippen LogP contribution is 2.29. The van der Waals surface area contributed by atoms with Crippen molar-refractivity contribution in [1.29, 1.82) is 0 Å². The number of ether oxygens (including phenoxy) is 1. The van der Waals surface area contributed by atoms with Crippen LogP contribution < -0.4 is 5.73 Å². The van der Waals surface area contributed by atoms with Crippen molar-refractivity contribution >= 4 is 0 Å². The molecule has 1 saturated heterocycles. The standard InChI is InChI=1S/C13H19NO/c1-9-4-3-5-11(8-9)12(14)13-10(2)6-7-15-13/h3-5,8,10,12-13H,6-7,14H2,1-2H3. The first-order valence-corrected chi connectivity index (χ1v) is 5.62. The summed E-state index contributed by atoms with van der Waals surface area (Å²) in [5, 5.41) is 0. The molecule has 1 aromatic carbocycles. The van der Waals surface area contributed by atoms with Gasteiger partial charge in [0.25, 0.3) is 0 Å². The zero-order valence-electron chi connectivity index (χ0n) is 9.44. The molecule has 3 unspecified atom stereocenters. The van der Waals surface area contributed by atoms with E-state index in [1.54, 1.807) is 0 Å². The average Bonchev–Trinajstić information content (AvgIpc) is 2.63. The fraction of sp³-hybridized carbons (Fsp3) is 0.538. The summed E-state index contributed by atoms with van der Waals surface area (Å²) in [5.74, 6) is 0.570. The molecule has 15 heavy (non-hydrogen) atoms. The number of aryl methyl sites for hydroxylation is 1. The van der Waals surface area contributed by atoms with Gasteiger partial charge in [0, 0.05) is 6.61 Å². The van der Waals surface area contributed by atoms with Gasteiger partial charge in [-0.15, -0.1) is 0 Å². The summed E-state index contributed by atoms with van der Waals surface area (Å²) < 4.78 is 5.70. The number of hydrogen-bond acceptors (Lipinski definition) is 2. The molecule has 1 aromatic rings. The van der Waals surface area contributed by atoms with Crippen molar-refractivity contribution in [3.63, 3.8) is 0 Å². The third kappa shape index (κ3) is 2.21. The van der Waals surface area contributed by atoms with E-state index in [2.05, 4.69) is 38.1 Å². The predicted molar refractivity (Wildman–Crippen MR) is 61.6 cm³/mol. The van der Waals surface area contributed by atoms with Crippen LogP contribution in [-0.4, -0.2) is 12.7 Å². The first-order valence-electron chi connectivity index (χ1n) is 5.62. The van der Waals surface area contributed by atoms with Gasteiger partial charge >= 0.3 is 0 Å². The van der Waals surface area contributed by atoms with Crippen molar-refractivity contribution in [2.75, 3.05) is 6.61 Å². The van der Waals surface area contributed by atoms with Gasteiger partial charge in [0.05, 0.1) is 12.1 Å². The molecule has 82 valence electrons. The molecule has 2 heteroatoms. The predicted octanol–water partition coefficient (Wildman–Crippen LogP) is 2.42. The fourth-order valence-corrected chi connectivity index (χ4v) is 2.24. The van der Waals surface area contributed by atoms with Gasteiger partial charge in [-0.2, -0.15) is 0 Å². The van der Waals surface area contributed by atoms with E-state index in [-0.39, 0.29) is 12.1 Å². The Labute approximate surface area is 91.4 Å². The number of nitrogens with two attached hydrogens (primary N) is 1. The van der Waals surface area contributed by atoms with Gasteiger partial charge in [0.15, 0.2) is 0 Å². The first-order chi connectivity index (χ1) is 7.18. The lowest BCUT2D eigenvalue weighted by atomic mass is 9.92. The zero-order chi connectivity index (χ0) is 10.8. The summed E-state index contributed by atoms with van der Waals surface area (Å²) in [6.45, 7) is 5.16. The minimum Gasteiger partial charge on any atom is -0.376 e. The third-order valence-corrected chi connectivity index (χ3v) is 3.23. The van der Waals surface area contributed by atoms with Gasteiger partial charge < -0.3 is 10.5 Å². The van der Waals surface area contributed by atoms with Crippen molar-refractivity contribution in [1.82, 2.24) is 0 Å². The Hall–Kier alpha value is -0.860. The molecule has 1 aliphatic heterocycles. The Bertz CT molecular complexity index is 337. The van der Waals surface area contributed by atoms with Crippen LogP contribution in [0.4, 0.5) is 0 Å². The monoisotopic (exact) mass is 205 g/mol. The second-order valence-corrected chi connectivity index (χ2v) is 4.54. The first kappa shape index (κ1) is 10.7. The van der Waals surface area contributed by atoms with E-state index >= 15 is 0 Å². The van der Waals surface area contributed by atoms with E-state index < -0.39 is 0 Å². The molecule has 3 atom stereocenters. The van der Waals surface area contributed by atoms with Crippen molar-refractivity contribution < 1.29 is 4.74 Å². The lowest BCUT2D eigenvalue weighted by molar-refractivity contribution is 0.0725. The topological polar surface area (TPSA) is 35.2 Å². The second kappa shape index (κ2) is 4.33. The van der Waals surface area contributed by atoms with Crippen LogP contribution in [0.3, 0.4) is 0 Å². The maximum absolute atomic E-state index is 6.23. The third-order valence-electron chi connectivity index (χ3n) is 3.23. The normalized spacial score (nSPS) is 27.9. The summed E-state index contributed by atoms with van der Waals surface area (Å²) >= 11 is 0. The number of rotatable bonds is 2. The van der Waals surface area contributed by atoms with Crippen LogP contribution in [0.5, 0.6) is 0 Å². The fourth-order valence-electron chi connectivity index (χ4n) is 2.24. The smallest absolute Gasteiger partial charge is 0.0793 e. The van der Waals surface area contributed by atoms with E-state index in [1.165, 1.54) is 11.1 Å². The van der Waals surface area contributed by atoms with Crippen LogP contribution in [0, 0.1) is 12.8 Å². The van der Waals surface area contributed by atoms with Gasteiger partial charge in [-0.25, -0.2) is 0 Å². The van der Waals surface area contributed by atoms with E-state index in [4.69, 9.17) is 10.5 Å². The molecule has 0 aromatic heterocycles. The molecule has 1 aliphatic rings. The molecule has 2 nitrogen and oxygen atoms in total. The van der Waals surface area contributed by atoms with Crippen molar-refractivity contribution in [3.05, 3.63) is 35.4 Å². The Kier molecular flexibility index (Phi) is 3.08. The van der Waals surface area contributed by atoms with Crippen molar-refractivity contribution in [3.8, 4) is 0 Å². The molecule has 0 saturated carbocycles. The summed E-state index contributed by atoms with van der Waals surface area (Å²) in [7, 11) is 0. The Morgan fingerprint density at radius 1 is 1.47 bits per heavy atom. The van der Waals surface area contributed by atoms with E-state index in [9.17, 15) is 0 Å². The van der Waals surface area contributed by atoms with E-state index in [0.717, 1.165) is 13.0 Å². The number of hydrogen-bond donors (Lipinski definition) is 1. The van der Waals surface area contributed by atoms with Gasteiger partial charge in [0.2, 0.25) is 0 Å². The van der Waals surface area contributed by atoms with Crippen LogP contribution in [0.2, 0.25) is 0 Å². The number of benzene rings is 1. The Morgan fingerprint density at radius 3 is 2.87 bits per heavy atom. The summed E-state index contributed by atoms with van der Waals surface area (Å²) in [4.78, 5) is 0. The Balaban J connectivity index is 2.16. The highest BCUT2D eigenvalue weighted by atomic mass is 16.5. The van der Waals surface area contributed by atoms with Gasteiger partial charge in [-0.1, -0.05) is 36.8 Å². The van der Waals surface area contributed by atoms with Crippen LogP contribution in [0.25, 0.3) is 0 Å². The minimum atomic E-state index is 0.0161. The van der Waals surface area contributed by atoms with Crippen LogP contribution >= 0.6 is 0 Å². The zero-order valence-corrected chi connectivity index (χ0v) is 9.44. The molecule has 0 aliphatic carbocycles. The lowest BCUT2D eigenvalue weighted by Gasteiger charge is -2.23. The van der Waals surface area contributed by atoms with Crippen LogP contribution in [-0.2, 0) is 4.74 Å². The molecule has 0 amide bonds. The molecule has 1 heterocycles. The lowest BCUT2D eigenvalue weighted by Crippen LogP contribution is -2.29. The van der Waals surface area contributed by atoms with Gasteiger partial charge in [-0.3, -0.25) is 0 Å². The summed E-state index contributed by atoms with van der Waals surface area (Å²) in [5.41, 5.74) is 8.68. The summed E-state index contributed by atoms with van der Waals surface area (Å²) in [6, 6.07) is 8.41. The quantitative estimate of drug-likeness (QED) is 0.804. The van der Waals surface area contributed by atoms with Gasteiger partial charge in [-0.05, 0) is 24.8 Å². The molecule has 0 bridgehead atoms. The molecule has 0 spiro atoms. The maximum atomic E-state index is 6.23. The maximum Gasteiger partial charge on any atom is 0.0793 e. The molecule has 1 fully saturated rings. The molecule has 0 radical (unpaired) electrons. The molecular weight excluding hydrogens is 186 g/mol. The van der Waals surface area contributed by atoms with Crippen LogP contribution in [0.1, 0.15) is 30.5 Å². The van der Waals surface area contributed by atoms with Crippen molar-refractivity contribution in [2.45, 2.75) is 32.4 Å². The highest BCUT2D eigenvalue weighted by molar-refractivity contribution is 5.25.